The van der Waals surface area contributed by atoms with Crippen molar-refractivity contribution in [3.8, 4) is 0 Å². The van der Waals surface area contributed by atoms with Crippen LogP contribution in [-0.4, -0.2) is 156 Å². The summed E-state index contributed by atoms with van der Waals surface area (Å²) in [7, 11) is 0. The molecule has 15 nitrogen and oxygen atoms in total. The van der Waals surface area contributed by atoms with Gasteiger partial charge in [-0.05, 0) is 6.92 Å². The van der Waals surface area contributed by atoms with Gasteiger partial charge < -0.3 is 74.7 Å². The number of rotatable bonds is 6. The van der Waals surface area contributed by atoms with E-state index in [0.29, 0.717) is 0 Å². The summed E-state index contributed by atoms with van der Waals surface area (Å²) in [6.45, 7) is -0.114. The van der Waals surface area contributed by atoms with Crippen LogP contribution in [0.3, 0.4) is 0 Å². The Hall–Kier alpha value is -0.600. The highest BCUT2D eigenvalue weighted by atomic mass is 16.8. The van der Waals surface area contributed by atoms with E-state index in [-0.39, 0.29) is 0 Å². The Morgan fingerprint density at radius 1 is 0.545 bits per heavy atom. The summed E-state index contributed by atoms with van der Waals surface area (Å²) in [6.07, 6.45) is -24.2. The van der Waals surface area contributed by atoms with E-state index in [1.165, 1.54) is 6.92 Å². The smallest absolute Gasteiger partial charge is 0.187 e. The van der Waals surface area contributed by atoms with Crippen molar-refractivity contribution in [2.24, 2.45) is 0 Å². The SMILES string of the molecule is C[C@H]1OC(O)[C@H](O)[C@@H](O[C@@H]2O[C@H](CO)[C@@H](O)[C@H](O)[C@H]2O[C@@H]2O[C@H](CO)[C@@H](O)[C@H](O)[C@H]2O)[C@H]1O. The van der Waals surface area contributed by atoms with Gasteiger partial charge >= 0.3 is 0 Å². The molecule has 3 saturated heterocycles. The highest BCUT2D eigenvalue weighted by Crippen LogP contribution is 2.32. The molecule has 0 bridgehead atoms. The number of hydrogen-bond donors (Lipinski definition) is 10. The van der Waals surface area contributed by atoms with E-state index < -0.39 is 105 Å². The maximum absolute atomic E-state index is 10.6. The Kier molecular flexibility index (Phi) is 8.99. The Labute approximate surface area is 187 Å². The second kappa shape index (κ2) is 11.0. The molecule has 3 rings (SSSR count). The maximum Gasteiger partial charge on any atom is 0.187 e. The fraction of sp³-hybridized carbons (Fsp3) is 1.00. The van der Waals surface area contributed by atoms with Gasteiger partial charge in [0.15, 0.2) is 18.9 Å². The molecule has 0 aromatic carbocycles. The molecule has 15 atom stereocenters. The highest BCUT2D eigenvalue weighted by Gasteiger charge is 2.53. The molecule has 0 aromatic rings. The number of aliphatic hydroxyl groups is 10. The lowest BCUT2D eigenvalue weighted by Gasteiger charge is -2.48. The van der Waals surface area contributed by atoms with Crippen LogP contribution in [0.2, 0.25) is 0 Å². The first kappa shape index (κ1) is 27.0. The molecule has 33 heavy (non-hydrogen) atoms. The van der Waals surface area contributed by atoms with Crippen molar-refractivity contribution in [2.45, 2.75) is 99.0 Å². The van der Waals surface area contributed by atoms with Gasteiger partial charge in [-0.25, -0.2) is 0 Å². The average molecular weight is 488 g/mol. The zero-order chi connectivity index (χ0) is 24.6. The van der Waals surface area contributed by atoms with Gasteiger partial charge in [0.05, 0.1) is 19.3 Å². The average Bonchev–Trinajstić information content (AvgIpc) is 2.79. The topological polar surface area (TPSA) is 248 Å². The van der Waals surface area contributed by atoms with Crippen LogP contribution in [0.4, 0.5) is 0 Å². The second-order valence-electron chi connectivity index (χ2n) is 8.32. The van der Waals surface area contributed by atoms with Gasteiger partial charge in [-0.3, -0.25) is 0 Å². The minimum atomic E-state index is -1.86. The molecule has 3 aliphatic rings. The van der Waals surface area contributed by atoms with Crippen molar-refractivity contribution in [1.82, 2.24) is 0 Å². The number of ether oxygens (including phenoxy) is 5. The highest BCUT2D eigenvalue weighted by molar-refractivity contribution is 4.95. The van der Waals surface area contributed by atoms with Gasteiger partial charge in [0.1, 0.15) is 67.1 Å². The monoisotopic (exact) mass is 488 g/mol. The fourth-order valence-corrected chi connectivity index (χ4v) is 3.97. The summed E-state index contributed by atoms with van der Waals surface area (Å²) < 4.78 is 26.7. The molecule has 0 saturated carbocycles. The van der Waals surface area contributed by atoms with Gasteiger partial charge in [0.25, 0.3) is 0 Å². The molecule has 15 heteroatoms. The van der Waals surface area contributed by atoms with Crippen molar-refractivity contribution < 1.29 is 74.7 Å². The van der Waals surface area contributed by atoms with Crippen molar-refractivity contribution >= 4 is 0 Å². The quantitative estimate of drug-likeness (QED) is 0.167. The van der Waals surface area contributed by atoms with Gasteiger partial charge in [0.2, 0.25) is 0 Å². The molecule has 3 fully saturated rings. The molecule has 3 heterocycles. The third-order valence-electron chi connectivity index (χ3n) is 6.06. The van der Waals surface area contributed by atoms with E-state index in [1.54, 1.807) is 0 Å². The van der Waals surface area contributed by atoms with Gasteiger partial charge in [0, 0.05) is 0 Å². The van der Waals surface area contributed by atoms with Crippen molar-refractivity contribution in [1.29, 1.82) is 0 Å². The van der Waals surface area contributed by atoms with Crippen LogP contribution in [-0.2, 0) is 23.7 Å². The van der Waals surface area contributed by atoms with Crippen LogP contribution in [0, 0.1) is 0 Å². The van der Waals surface area contributed by atoms with E-state index >= 15 is 0 Å². The molecule has 0 aliphatic carbocycles. The molecule has 0 radical (unpaired) electrons. The standard InChI is InChI=1S/C18H32O15/c1-4-7(21)14(13(27)16(28)29-4)32-18-15(11(25)9(23)6(3-20)31-18)33-17-12(26)10(24)8(22)5(2-19)30-17/h4-28H,2-3H2,1H3/t4-,5-,6-,7+,8-,9-,10+,11+,12-,13-,14+,15-,16?,17+,18+/m1/s1. The summed E-state index contributed by atoms with van der Waals surface area (Å²) in [5, 5.41) is 100. The Morgan fingerprint density at radius 2 is 1.06 bits per heavy atom. The summed E-state index contributed by atoms with van der Waals surface area (Å²) >= 11 is 0. The predicted molar refractivity (Wildman–Crippen MR) is 99.8 cm³/mol. The summed E-state index contributed by atoms with van der Waals surface area (Å²) in [4.78, 5) is 0. The molecule has 0 spiro atoms. The summed E-state index contributed by atoms with van der Waals surface area (Å²) in [5.41, 5.74) is 0. The van der Waals surface area contributed by atoms with Crippen LogP contribution in [0.25, 0.3) is 0 Å². The molecule has 0 amide bonds. The molecular formula is C18H32O15. The van der Waals surface area contributed by atoms with Crippen molar-refractivity contribution in [3.63, 3.8) is 0 Å². The number of hydrogen-bond acceptors (Lipinski definition) is 15. The van der Waals surface area contributed by atoms with Gasteiger partial charge in [-0.2, -0.15) is 0 Å². The van der Waals surface area contributed by atoms with Crippen LogP contribution in [0.1, 0.15) is 6.92 Å². The van der Waals surface area contributed by atoms with Crippen LogP contribution in [0.5, 0.6) is 0 Å². The number of aliphatic hydroxyl groups excluding tert-OH is 10. The lowest BCUT2D eigenvalue weighted by atomic mass is 9.96. The zero-order valence-electron chi connectivity index (χ0n) is 17.6. The molecule has 3 aliphatic heterocycles. The first-order valence-corrected chi connectivity index (χ1v) is 10.4. The first-order valence-electron chi connectivity index (χ1n) is 10.4. The van der Waals surface area contributed by atoms with Gasteiger partial charge in [-0.1, -0.05) is 0 Å². The molecular weight excluding hydrogens is 456 g/mol. The Bertz CT molecular complexity index is 610. The van der Waals surface area contributed by atoms with E-state index in [4.69, 9.17) is 23.7 Å². The second-order valence-corrected chi connectivity index (χ2v) is 8.32. The lowest BCUT2D eigenvalue weighted by Crippen LogP contribution is -2.66. The van der Waals surface area contributed by atoms with Crippen LogP contribution >= 0.6 is 0 Å². The zero-order valence-corrected chi connectivity index (χ0v) is 17.6. The normalized spacial score (nSPS) is 53.7. The van der Waals surface area contributed by atoms with Crippen LogP contribution in [0.15, 0.2) is 0 Å². The Balaban J connectivity index is 1.83. The summed E-state index contributed by atoms with van der Waals surface area (Å²) in [6, 6.07) is 0. The Morgan fingerprint density at radius 3 is 1.64 bits per heavy atom. The maximum atomic E-state index is 10.6. The fourth-order valence-electron chi connectivity index (χ4n) is 3.97. The van der Waals surface area contributed by atoms with Crippen molar-refractivity contribution in [2.75, 3.05) is 13.2 Å². The third kappa shape index (κ3) is 5.32. The van der Waals surface area contributed by atoms with Gasteiger partial charge in [-0.15, -0.1) is 0 Å². The van der Waals surface area contributed by atoms with E-state index in [0.717, 1.165) is 0 Å². The lowest BCUT2D eigenvalue weighted by molar-refractivity contribution is -0.386. The first-order chi connectivity index (χ1) is 15.5. The predicted octanol–water partition coefficient (Wildman–Crippen LogP) is -6.55. The molecule has 1 unspecified atom stereocenters. The van der Waals surface area contributed by atoms with Crippen LogP contribution < -0.4 is 0 Å². The van der Waals surface area contributed by atoms with Crippen molar-refractivity contribution in [3.05, 3.63) is 0 Å². The minimum absolute atomic E-state index is 0.750. The van der Waals surface area contributed by atoms with E-state index in [2.05, 4.69) is 0 Å². The summed E-state index contributed by atoms with van der Waals surface area (Å²) in [5.74, 6) is 0. The van der Waals surface area contributed by atoms with E-state index in [1.807, 2.05) is 0 Å². The molecule has 194 valence electrons. The minimum Gasteiger partial charge on any atom is -0.394 e. The third-order valence-corrected chi connectivity index (χ3v) is 6.06. The molecule has 10 N–H and O–H groups in total. The largest absolute Gasteiger partial charge is 0.394 e. The van der Waals surface area contributed by atoms with E-state index in [9.17, 15) is 51.1 Å². The molecule has 0 aromatic heterocycles.